The number of aromatic nitrogens is 4. The second-order valence-corrected chi connectivity index (χ2v) is 8.66. The van der Waals surface area contributed by atoms with Crippen LogP contribution in [0.4, 0.5) is 5.82 Å². The van der Waals surface area contributed by atoms with Crippen molar-refractivity contribution < 1.29 is 9.53 Å². The number of imidazole rings is 1. The molecule has 0 amide bonds. The fraction of sp³-hybridized carbons (Fsp3) is 0.364. The molecule has 3 aromatic rings. The summed E-state index contributed by atoms with van der Waals surface area (Å²) in [5, 5.41) is 0.660. The first-order valence-corrected chi connectivity index (χ1v) is 11.3. The van der Waals surface area contributed by atoms with E-state index >= 15 is 0 Å². The number of ether oxygens (including phenoxy) is 1. The van der Waals surface area contributed by atoms with Gasteiger partial charge in [-0.1, -0.05) is 42.1 Å². The van der Waals surface area contributed by atoms with Crippen molar-refractivity contribution in [3.63, 3.8) is 0 Å². The van der Waals surface area contributed by atoms with E-state index in [2.05, 4.69) is 9.55 Å². The summed E-state index contributed by atoms with van der Waals surface area (Å²) < 4.78 is 9.87. The number of thioether (sulfide) groups is 1. The van der Waals surface area contributed by atoms with E-state index in [9.17, 15) is 14.4 Å². The normalized spacial score (nSPS) is 15.9. The van der Waals surface area contributed by atoms with E-state index in [4.69, 9.17) is 10.5 Å². The fourth-order valence-corrected chi connectivity index (χ4v) is 4.67. The van der Waals surface area contributed by atoms with Crippen molar-refractivity contribution in [2.24, 2.45) is 14.1 Å². The minimum atomic E-state index is -0.691. The quantitative estimate of drug-likeness (QED) is 0.426. The van der Waals surface area contributed by atoms with E-state index in [-0.39, 0.29) is 23.2 Å². The van der Waals surface area contributed by atoms with E-state index in [0.717, 1.165) is 39.8 Å². The van der Waals surface area contributed by atoms with Gasteiger partial charge in [-0.3, -0.25) is 18.7 Å². The van der Waals surface area contributed by atoms with Gasteiger partial charge in [0.1, 0.15) is 11.4 Å². The number of anilines is 1. The molecule has 2 aromatic heterocycles. The number of nitrogen functional groups attached to an aromatic ring is 1. The van der Waals surface area contributed by atoms with Crippen LogP contribution in [0.1, 0.15) is 23.2 Å². The van der Waals surface area contributed by atoms with Gasteiger partial charge in [0, 0.05) is 20.7 Å². The number of carbonyl (C=O) groups excluding carboxylic acids is 1. The highest BCUT2D eigenvalue weighted by Crippen LogP contribution is 2.28. The van der Waals surface area contributed by atoms with Crippen LogP contribution in [0.25, 0.3) is 11.3 Å². The topological polar surface area (TPSA) is 114 Å². The molecule has 1 atom stereocenters. The molecule has 3 heterocycles. The van der Waals surface area contributed by atoms with Crippen LogP contribution in [0.3, 0.4) is 0 Å². The zero-order valence-electron chi connectivity index (χ0n) is 18.0. The van der Waals surface area contributed by atoms with Crippen LogP contribution in [-0.4, -0.2) is 42.9 Å². The number of nitrogens with zero attached hydrogens (tertiary/aromatic N) is 4. The predicted molar refractivity (Wildman–Crippen MR) is 123 cm³/mol. The standard InChI is InChI=1S/C22H25N5O4S/c1-25-19(23)18(20(29)26(2)22(25)30)17(28)13-32-21-24-11-16(14-7-4-3-5-8-14)27(21)12-15-9-6-10-31-15/h3-5,7-8,11,15H,6,9-10,12-13,23H2,1-2H3. The number of nitrogens with two attached hydrogens (primary N) is 1. The molecule has 0 saturated carbocycles. The highest BCUT2D eigenvalue weighted by molar-refractivity contribution is 7.99. The van der Waals surface area contributed by atoms with Crippen LogP contribution in [-0.2, 0) is 25.4 Å². The molecule has 1 fully saturated rings. The first-order valence-electron chi connectivity index (χ1n) is 10.3. The lowest BCUT2D eigenvalue weighted by Gasteiger charge is -2.16. The van der Waals surface area contributed by atoms with E-state index in [1.54, 1.807) is 6.20 Å². The van der Waals surface area contributed by atoms with Gasteiger partial charge in [0.25, 0.3) is 5.56 Å². The molecule has 2 N–H and O–H groups in total. The number of Topliss-reactive ketones (excluding diaryl/α,β-unsaturated/α-hetero) is 1. The number of carbonyl (C=O) groups is 1. The van der Waals surface area contributed by atoms with Crippen molar-refractivity contribution >= 4 is 23.4 Å². The fourth-order valence-electron chi connectivity index (χ4n) is 3.81. The molecule has 1 aliphatic rings. The minimum Gasteiger partial charge on any atom is -0.384 e. The van der Waals surface area contributed by atoms with E-state index in [0.29, 0.717) is 11.7 Å². The van der Waals surface area contributed by atoms with Gasteiger partial charge in [0.05, 0.1) is 30.3 Å². The molecular weight excluding hydrogens is 430 g/mol. The summed E-state index contributed by atoms with van der Waals surface area (Å²) in [4.78, 5) is 42.0. The maximum Gasteiger partial charge on any atom is 0.332 e. The molecule has 9 nitrogen and oxygen atoms in total. The van der Waals surface area contributed by atoms with E-state index in [1.165, 1.54) is 25.9 Å². The van der Waals surface area contributed by atoms with Crippen molar-refractivity contribution in [1.29, 1.82) is 0 Å². The molecule has 10 heteroatoms. The summed E-state index contributed by atoms with van der Waals surface area (Å²) in [6.45, 7) is 1.38. The van der Waals surface area contributed by atoms with E-state index in [1.807, 2.05) is 30.3 Å². The largest absolute Gasteiger partial charge is 0.384 e. The smallest absolute Gasteiger partial charge is 0.332 e. The lowest BCUT2D eigenvalue weighted by atomic mass is 10.1. The Morgan fingerprint density at radius 1 is 1.22 bits per heavy atom. The lowest BCUT2D eigenvalue weighted by molar-refractivity contribution is 0.0954. The third kappa shape index (κ3) is 4.15. The average molecular weight is 456 g/mol. The predicted octanol–water partition coefficient (Wildman–Crippen LogP) is 1.68. The monoisotopic (exact) mass is 455 g/mol. The van der Waals surface area contributed by atoms with Gasteiger partial charge < -0.3 is 15.0 Å². The van der Waals surface area contributed by atoms with Gasteiger partial charge in [-0.05, 0) is 18.4 Å². The molecule has 0 bridgehead atoms. The third-order valence-electron chi connectivity index (χ3n) is 5.62. The summed E-state index contributed by atoms with van der Waals surface area (Å²) in [7, 11) is 2.76. The van der Waals surface area contributed by atoms with Gasteiger partial charge in [-0.2, -0.15) is 0 Å². The number of rotatable bonds is 7. The van der Waals surface area contributed by atoms with Crippen LogP contribution in [0.2, 0.25) is 0 Å². The van der Waals surface area contributed by atoms with Crippen LogP contribution < -0.4 is 17.0 Å². The molecule has 4 rings (SSSR count). The molecule has 1 aromatic carbocycles. The summed E-state index contributed by atoms with van der Waals surface area (Å²) in [6, 6.07) is 9.91. The van der Waals surface area contributed by atoms with Gasteiger partial charge in [-0.15, -0.1) is 0 Å². The Kier molecular flexibility index (Phi) is 6.33. The van der Waals surface area contributed by atoms with Crippen molar-refractivity contribution in [2.45, 2.75) is 30.6 Å². The first kappa shape index (κ1) is 22.1. The van der Waals surface area contributed by atoms with Crippen LogP contribution in [0.5, 0.6) is 0 Å². The van der Waals surface area contributed by atoms with Gasteiger partial charge >= 0.3 is 5.69 Å². The Bertz CT molecular complexity index is 1260. The lowest BCUT2D eigenvalue weighted by Crippen LogP contribution is -2.41. The summed E-state index contributed by atoms with van der Waals surface area (Å²) in [5.74, 6) is -0.609. The maximum atomic E-state index is 12.9. The van der Waals surface area contributed by atoms with Crippen molar-refractivity contribution in [3.8, 4) is 11.3 Å². The van der Waals surface area contributed by atoms with Crippen molar-refractivity contribution in [3.05, 3.63) is 62.9 Å². The van der Waals surface area contributed by atoms with Gasteiger partial charge in [-0.25, -0.2) is 9.78 Å². The Labute approximate surface area is 188 Å². The van der Waals surface area contributed by atoms with Crippen LogP contribution in [0, 0.1) is 0 Å². The van der Waals surface area contributed by atoms with Crippen molar-refractivity contribution in [2.75, 3.05) is 18.1 Å². The second kappa shape index (κ2) is 9.17. The molecule has 1 aliphatic heterocycles. The zero-order chi connectivity index (χ0) is 22.8. The summed E-state index contributed by atoms with van der Waals surface area (Å²) in [6.07, 6.45) is 3.88. The molecule has 0 aliphatic carbocycles. The molecule has 0 radical (unpaired) electrons. The second-order valence-electron chi connectivity index (χ2n) is 7.72. The first-order chi connectivity index (χ1) is 15.4. The highest BCUT2D eigenvalue weighted by atomic mass is 32.2. The Balaban J connectivity index is 1.62. The van der Waals surface area contributed by atoms with Crippen molar-refractivity contribution in [1.82, 2.24) is 18.7 Å². The molecule has 168 valence electrons. The maximum absolute atomic E-state index is 12.9. The number of benzene rings is 1. The molecular formula is C22H25N5O4S. The van der Waals surface area contributed by atoms with Gasteiger partial charge in [0.15, 0.2) is 10.9 Å². The number of hydrogen-bond acceptors (Lipinski definition) is 7. The van der Waals surface area contributed by atoms with Crippen LogP contribution >= 0.6 is 11.8 Å². The molecule has 1 saturated heterocycles. The molecule has 1 unspecified atom stereocenters. The van der Waals surface area contributed by atoms with E-state index < -0.39 is 17.0 Å². The highest BCUT2D eigenvalue weighted by Gasteiger charge is 2.23. The Hall–Kier alpha value is -3.11. The minimum absolute atomic E-state index is 0.0333. The summed E-state index contributed by atoms with van der Waals surface area (Å²) >= 11 is 1.24. The molecule has 0 spiro atoms. The van der Waals surface area contributed by atoms with Crippen LogP contribution in [0.15, 0.2) is 51.3 Å². The molecule has 32 heavy (non-hydrogen) atoms. The SMILES string of the molecule is Cn1c(N)c(C(=O)CSc2ncc(-c3ccccc3)n2CC2CCCO2)c(=O)n(C)c1=O. The number of hydrogen-bond donors (Lipinski definition) is 1. The number of ketones is 1. The Morgan fingerprint density at radius 3 is 2.66 bits per heavy atom. The van der Waals surface area contributed by atoms with Gasteiger partial charge in [0.2, 0.25) is 0 Å². The third-order valence-corrected chi connectivity index (χ3v) is 6.61. The zero-order valence-corrected chi connectivity index (χ0v) is 18.8. The summed E-state index contributed by atoms with van der Waals surface area (Å²) in [5.41, 5.74) is 6.44. The Morgan fingerprint density at radius 2 is 1.97 bits per heavy atom. The average Bonchev–Trinajstić information content (AvgIpc) is 3.46.